The highest BCUT2D eigenvalue weighted by Gasteiger charge is 2.08. The van der Waals surface area contributed by atoms with Crippen molar-refractivity contribution >= 4 is 0 Å². The summed E-state index contributed by atoms with van der Waals surface area (Å²) in [4.78, 5) is 0. The zero-order valence-electron chi connectivity index (χ0n) is 11.0. The van der Waals surface area contributed by atoms with E-state index in [2.05, 4.69) is 24.3 Å². The molecule has 0 atom stereocenters. The largest absolute Gasteiger partial charge is 0.482 e. The molecular formula is C13H19N3O2. The fourth-order valence-electron chi connectivity index (χ4n) is 1.67. The first-order valence-electron chi connectivity index (χ1n) is 6.07. The predicted octanol–water partition coefficient (Wildman–Crippen LogP) is 2.36. The SMILES string of the molecule is CNCc1ccoc1COc1cnn(C(C)C)c1. The first kappa shape index (κ1) is 12.7. The predicted molar refractivity (Wildman–Crippen MR) is 68.4 cm³/mol. The van der Waals surface area contributed by atoms with Gasteiger partial charge < -0.3 is 14.5 Å². The van der Waals surface area contributed by atoms with E-state index in [0.29, 0.717) is 12.6 Å². The van der Waals surface area contributed by atoms with Crippen LogP contribution < -0.4 is 10.1 Å². The Hall–Kier alpha value is -1.75. The quantitative estimate of drug-likeness (QED) is 0.853. The third-order valence-electron chi connectivity index (χ3n) is 2.68. The van der Waals surface area contributed by atoms with Crippen molar-refractivity contribution in [2.75, 3.05) is 7.05 Å². The van der Waals surface area contributed by atoms with Gasteiger partial charge in [-0.25, -0.2) is 0 Å². The smallest absolute Gasteiger partial charge is 0.157 e. The summed E-state index contributed by atoms with van der Waals surface area (Å²) in [5.74, 6) is 1.61. The Balaban J connectivity index is 1.95. The molecule has 2 rings (SSSR count). The second-order valence-electron chi connectivity index (χ2n) is 4.44. The monoisotopic (exact) mass is 249 g/mol. The number of hydrogen-bond acceptors (Lipinski definition) is 4. The van der Waals surface area contributed by atoms with Crippen LogP contribution in [-0.2, 0) is 13.2 Å². The first-order chi connectivity index (χ1) is 8.70. The summed E-state index contributed by atoms with van der Waals surface area (Å²) >= 11 is 0. The van der Waals surface area contributed by atoms with E-state index in [1.807, 2.05) is 24.0 Å². The van der Waals surface area contributed by atoms with Gasteiger partial charge in [0, 0.05) is 18.2 Å². The van der Waals surface area contributed by atoms with E-state index in [4.69, 9.17) is 9.15 Å². The molecule has 0 aliphatic carbocycles. The zero-order chi connectivity index (χ0) is 13.0. The molecule has 2 aromatic rings. The van der Waals surface area contributed by atoms with Gasteiger partial charge in [-0.1, -0.05) is 0 Å². The normalized spacial score (nSPS) is 11.1. The van der Waals surface area contributed by atoms with Crippen LogP contribution in [0.5, 0.6) is 5.75 Å². The molecule has 5 nitrogen and oxygen atoms in total. The number of rotatable bonds is 6. The summed E-state index contributed by atoms with van der Waals surface area (Å²) < 4.78 is 12.9. The molecule has 0 saturated heterocycles. The molecule has 0 aromatic carbocycles. The number of nitrogens with one attached hydrogen (secondary N) is 1. The Morgan fingerprint density at radius 3 is 3.00 bits per heavy atom. The summed E-state index contributed by atoms with van der Waals surface area (Å²) in [7, 11) is 1.91. The molecule has 98 valence electrons. The molecule has 0 aliphatic rings. The van der Waals surface area contributed by atoms with Crippen molar-refractivity contribution < 1.29 is 9.15 Å². The Morgan fingerprint density at radius 1 is 1.50 bits per heavy atom. The Bertz CT molecular complexity index is 488. The van der Waals surface area contributed by atoms with Gasteiger partial charge in [-0.3, -0.25) is 4.68 Å². The molecule has 18 heavy (non-hydrogen) atoms. The Kier molecular flexibility index (Phi) is 4.04. The molecular weight excluding hydrogens is 230 g/mol. The molecule has 0 saturated carbocycles. The third kappa shape index (κ3) is 2.92. The van der Waals surface area contributed by atoms with Crippen molar-refractivity contribution in [1.29, 1.82) is 0 Å². The minimum Gasteiger partial charge on any atom is -0.482 e. The Morgan fingerprint density at radius 2 is 2.33 bits per heavy atom. The van der Waals surface area contributed by atoms with Crippen LogP contribution in [0, 0.1) is 0 Å². The maximum absolute atomic E-state index is 5.66. The van der Waals surface area contributed by atoms with E-state index in [1.165, 1.54) is 0 Å². The van der Waals surface area contributed by atoms with Gasteiger partial charge in [-0.2, -0.15) is 5.10 Å². The molecule has 0 unspecified atom stereocenters. The number of ether oxygens (including phenoxy) is 1. The molecule has 2 heterocycles. The lowest BCUT2D eigenvalue weighted by Crippen LogP contribution is -2.07. The Labute approximate surface area is 107 Å². The lowest BCUT2D eigenvalue weighted by atomic mass is 10.2. The van der Waals surface area contributed by atoms with Gasteiger partial charge in [0.05, 0.1) is 18.7 Å². The second kappa shape index (κ2) is 5.73. The topological polar surface area (TPSA) is 52.2 Å². The van der Waals surface area contributed by atoms with Crippen molar-refractivity contribution in [2.24, 2.45) is 0 Å². The van der Waals surface area contributed by atoms with Crippen LogP contribution in [-0.4, -0.2) is 16.8 Å². The molecule has 2 aromatic heterocycles. The van der Waals surface area contributed by atoms with Gasteiger partial charge in [-0.05, 0) is 27.0 Å². The van der Waals surface area contributed by atoms with Gasteiger partial charge in [0.15, 0.2) is 5.75 Å². The maximum Gasteiger partial charge on any atom is 0.157 e. The number of furan rings is 1. The van der Waals surface area contributed by atoms with Crippen LogP contribution in [0.25, 0.3) is 0 Å². The van der Waals surface area contributed by atoms with Crippen LogP contribution in [0.4, 0.5) is 0 Å². The molecule has 0 spiro atoms. The van der Waals surface area contributed by atoms with Crippen molar-refractivity contribution in [2.45, 2.75) is 33.0 Å². The summed E-state index contributed by atoms with van der Waals surface area (Å²) in [5, 5.41) is 7.32. The lowest BCUT2D eigenvalue weighted by molar-refractivity contribution is 0.267. The number of nitrogens with zero attached hydrogens (tertiary/aromatic N) is 2. The summed E-state index contributed by atoms with van der Waals surface area (Å²) in [6.07, 6.45) is 5.30. The molecule has 0 aliphatic heterocycles. The minimum absolute atomic E-state index is 0.339. The fraction of sp³-hybridized carbons (Fsp3) is 0.462. The molecule has 0 amide bonds. The van der Waals surface area contributed by atoms with Crippen LogP contribution in [0.1, 0.15) is 31.2 Å². The maximum atomic E-state index is 5.66. The molecule has 1 N–H and O–H groups in total. The van der Waals surface area contributed by atoms with Gasteiger partial charge in [0.2, 0.25) is 0 Å². The molecule has 0 bridgehead atoms. The van der Waals surface area contributed by atoms with Gasteiger partial charge >= 0.3 is 0 Å². The first-order valence-corrected chi connectivity index (χ1v) is 6.07. The van der Waals surface area contributed by atoms with Gasteiger partial charge in [0.25, 0.3) is 0 Å². The van der Waals surface area contributed by atoms with Crippen molar-refractivity contribution in [1.82, 2.24) is 15.1 Å². The van der Waals surface area contributed by atoms with Crippen molar-refractivity contribution in [3.05, 3.63) is 36.0 Å². The zero-order valence-corrected chi connectivity index (χ0v) is 11.0. The molecule has 0 fully saturated rings. The summed E-state index contributed by atoms with van der Waals surface area (Å²) in [6.45, 7) is 5.36. The molecule has 0 radical (unpaired) electrons. The van der Waals surface area contributed by atoms with E-state index in [1.54, 1.807) is 12.5 Å². The number of aromatic nitrogens is 2. The average molecular weight is 249 g/mol. The van der Waals surface area contributed by atoms with Gasteiger partial charge in [0.1, 0.15) is 12.4 Å². The second-order valence-corrected chi connectivity index (χ2v) is 4.44. The van der Waals surface area contributed by atoms with E-state index in [0.717, 1.165) is 23.6 Å². The third-order valence-corrected chi connectivity index (χ3v) is 2.68. The molecule has 5 heteroatoms. The van der Waals surface area contributed by atoms with Crippen molar-refractivity contribution in [3.8, 4) is 5.75 Å². The van der Waals surface area contributed by atoms with E-state index < -0.39 is 0 Å². The lowest BCUT2D eigenvalue weighted by Gasteiger charge is -2.05. The highest BCUT2D eigenvalue weighted by molar-refractivity contribution is 5.18. The minimum atomic E-state index is 0.339. The highest BCUT2D eigenvalue weighted by Crippen LogP contribution is 2.16. The van der Waals surface area contributed by atoms with E-state index >= 15 is 0 Å². The van der Waals surface area contributed by atoms with E-state index in [9.17, 15) is 0 Å². The highest BCUT2D eigenvalue weighted by atomic mass is 16.5. The number of hydrogen-bond donors (Lipinski definition) is 1. The average Bonchev–Trinajstić information content (AvgIpc) is 2.95. The van der Waals surface area contributed by atoms with Crippen LogP contribution >= 0.6 is 0 Å². The van der Waals surface area contributed by atoms with Crippen LogP contribution in [0.2, 0.25) is 0 Å². The van der Waals surface area contributed by atoms with E-state index in [-0.39, 0.29) is 0 Å². The van der Waals surface area contributed by atoms with Crippen LogP contribution in [0.15, 0.2) is 29.1 Å². The summed E-state index contributed by atoms with van der Waals surface area (Å²) in [6, 6.07) is 2.29. The standard InChI is InChI=1S/C13H19N3O2/c1-10(2)16-8-12(7-15-16)18-9-13-11(6-14-3)4-5-17-13/h4-5,7-8,10,14H,6,9H2,1-3H3. The fourth-order valence-corrected chi connectivity index (χ4v) is 1.67. The van der Waals surface area contributed by atoms with Crippen molar-refractivity contribution in [3.63, 3.8) is 0 Å². The summed E-state index contributed by atoms with van der Waals surface area (Å²) in [5.41, 5.74) is 1.12. The van der Waals surface area contributed by atoms with Gasteiger partial charge in [-0.15, -0.1) is 0 Å². The van der Waals surface area contributed by atoms with Crippen LogP contribution in [0.3, 0.4) is 0 Å².